The molecule has 1 amide bonds. The van der Waals surface area contributed by atoms with Crippen molar-refractivity contribution in [2.24, 2.45) is 5.92 Å². The molecular weight excluding hydrogens is 460 g/mol. The Kier molecular flexibility index (Phi) is 7.23. The highest BCUT2D eigenvalue weighted by atomic mass is 16.5. The Morgan fingerprint density at radius 1 is 1.33 bits per heavy atom. The SMILES string of the molecule is COc1ncc(N2C=COC(C3=C(O[C@H]4CCN(C(=O)C5CCCOC5)C4)C=CCC3)=C2)cc1C#N. The average molecular weight is 491 g/mol. The van der Waals surface area contributed by atoms with Gasteiger partial charge in [-0.05, 0) is 37.8 Å². The van der Waals surface area contributed by atoms with Crippen LogP contribution in [0.25, 0.3) is 0 Å². The third-order valence-electron chi connectivity index (χ3n) is 6.81. The fraction of sp³-hybridized carbons (Fsp3) is 0.444. The number of pyridine rings is 1. The van der Waals surface area contributed by atoms with Gasteiger partial charge in [-0.15, -0.1) is 0 Å². The predicted octanol–water partition coefficient (Wildman–Crippen LogP) is 3.76. The number of nitrogens with zero attached hydrogens (tertiary/aromatic N) is 4. The van der Waals surface area contributed by atoms with E-state index in [1.807, 2.05) is 22.1 Å². The number of hydrogen-bond donors (Lipinski definition) is 0. The van der Waals surface area contributed by atoms with E-state index < -0.39 is 0 Å². The van der Waals surface area contributed by atoms with Crippen LogP contribution in [0.2, 0.25) is 0 Å². The Hall–Kier alpha value is -3.77. The van der Waals surface area contributed by atoms with Crippen LogP contribution in [0.3, 0.4) is 0 Å². The van der Waals surface area contributed by atoms with Crippen LogP contribution in [0.5, 0.6) is 5.88 Å². The minimum atomic E-state index is -0.0639. The molecule has 2 saturated heterocycles. The van der Waals surface area contributed by atoms with Crippen molar-refractivity contribution in [3.8, 4) is 11.9 Å². The van der Waals surface area contributed by atoms with E-state index in [2.05, 4.69) is 17.1 Å². The number of allylic oxidation sites excluding steroid dienone is 3. The van der Waals surface area contributed by atoms with Crippen molar-refractivity contribution >= 4 is 11.6 Å². The molecule has 3 aliphatic heterocycles. The molecule has 1 aliphatic carbocycles. The van der Waals surface area contributed by atoms with Crippen molar-refractivity contribution < 1.29 is 23.7 Å². The van der Waals surface area contributed by atoms with Gasteiger partial charge in [-0.1, -0.05) is 6.08 Å². The van der Waals surface area contributed by atoms with Gasteiger partial charge in [0.25, 0.3) is 0 Å². The number of ether oxygens (including phenoxy) is 4. The third kappa shape index (κ3) is 5.09. The number of anilines is 1. The van der Waals surface area contributed by atoms with Crippen molar-refractivity contribution in [3.05, 3.63) is 65.7 Å². The van der Waals surface area contributed by atoms with Gasteiger partial charge in [0.05, 0.1) is 44.3 Å². The average Bonchev–Trinajstić information content (AvgIpc) is 3.41. The molecule has 0 radical (unpaired) electrons. The number of rotatable bonds is 6. The number of aromatic nitrogens is 1. The topological polar surface area (TPSA) is 97.2 Å². The summed E-state index contributed by atoms with van der Waals surface area (Å²) < 4.78 is 23.0. The first-order valence-electron chi connectivity index (χ1n) is 12.4. The Labute approximate surface area is 210 Å². The molecule has 36 heavy (non-hydrogen) atoms. The molecule has 0 spiro atoms. The molecule has 0 N–H and O–H groups in total. The normalized spacial score (nSPS) is 23.7. The van der Waals surface area contributed by atoms with Gasteiger partial charge < -0.3 is 28.7 Å². The fourth-order valence-corrected chi connectivity index (χ4v) is 4.90. The predicted molar refractivity (Wildman–Crippen MR) is 131 cm³/mol. The summed E-state index contributed by atoms with van der Waals surface area (Å²) >= 11 is 0. The van der Waals surface area contributed by atoms with E-state index in [0.717, 1.165) is 55.7 Å². The Balaban J connectivity index is 1.31. The monoisotopic (exact) mass is 490 g/mol. The van der Waals surface area contributed by atoms with Crippen LogP contribution in [0.15, 0.2) is 60.2 Å². The molecule has 2 fully saturated rings. The number of carbonyl (C=O) groups excluding carboxylic acids is 1. The van der Waals surface area contributed by atoms with Gasteiger partial charge in [-0.3, -0.25) is 4.79 Å². The molecule has 188 valence electrons. The summed E-state index contributed by atoms with van der Waals surface area (Å²) in [6.07, 6.45) is 15.2. The van der Waals surface area contributed by atoms with Gasteiger partial charge in [0.2, 0.25) is 11.8 Å². The number of methoxy groups -OCH3 is 1. The molecular formula is C27H30N4O5. The van der Waals surface area contributed by atoms with Crippen LogP contribution >= 0.6 is 0 Å². The van der Waals surface area contributed by atoms with Crippen LogP contribution in [0.4, 0.5) is 5.69 Å². The second kappa shape index (κ2) is 10.9. The van der Waals surface area contributed by atoms with Gasteiger partial charge >= 0.3 is 0 Å². The minimum Gasteiger partial charge on any atom is -0.488 e. The molecule has 9 heteroatoms. The van der Waals surface area contributed by atoms with E-state index in [4.69, 9.17) is 18.9 Å². The smallest absolute Gasteiger partial charge is 0.231 e. The minimum absolute atomic E-state index is 0.0330. The second-order valence-electron chi connectivity index (χ2n) is 9.18. The summed E-state index contributed by atoms with van der Waals surface area (Å²) in [5, 5.41) is 9.42. The molecule has 4 heterocycles. The first-order valence-corrected chi connectivity index (χ1v) is 12.4. The number of amides is 1. The Morgan fingerprint density at radius 2 is 2.25 bits per heavy atom. The van der Waals surface area contributed by atoms with Gasteiger partial charge in [-0.2, -0.15) is 5.26 Å². The van der Waals surface area contributed by atoms with Crippen LogP contribution < -0.4 is 9.64 Å². The van der Waals surface area contributed by atoms with E-state index in [0.29, 0.717) is 36.9 Å². The molecule has 0 saturated carbocycles. The van der Waals surface area contributed by atoms with Crippen LogP contribution in [0, 0.1) is 17.2 Å². The lowest BCUT2D eigenvalue weighted by Crippen LogP contribution is -2.38. The molecule has 9 nitrogen and oxygen atoms in total. The fourth-order valence-electron chi connectivity index (χ4n) is 4.90. The van der Waals surface area contributed by atoms with Gasteiger partial charge in [-0.25, -0.2) is 4.98 Å². The molecule has 1 unspecified atom stereocenters. The largest absolute Gasteiger partial charge is 0.488 e. The lowest BCUT2D eigenvalue weighted by atomic mass is 10.0. The molecule has 4 aliphatic rings. The second-order valence-corrected chi connectivity index (χ2v) is 9.18. The van der Waals surface area contributed by atoms with Crippen molar-refractivity contribution in [1.29, 1.82) is 5.26 Å². The van der Waals surface area contributed by atoms with Crippen molar-refractivity contribution in [3.63, 3.8) is 0 Å². The Bertz CT molecular complexity index is 1160. The highest BCUT2D eigenvalue weighted by Gasteiger charge is 2.33. The summed E-state index contributed by atoms with van der Waals surface area (Å²) in [6, 6.07) is 3.84. The zero-order chi connectivity index (χ0) is 24.9. The maximum absolute atomic E-state index is 12.9. The third-order valence-corrected chi connectivity index (χ3v) is 6.81. The van der Waals surface area contributed by atoms with Crippen LogP contribution in [-0.4, -0.2) is 55.3 Å². The summed E-state index contributed by atoms with van der Waals surface area (Å²) in [4.78, 5) is 20.9. The molecule has 5 rings (SSSR count). The first kappa shape index (κ1) is 23.9. The summed E-state index contributed by atoms with van der Waals surface area (Å²) in [5.74, 6) is 1.89. The molecule has 1 aromatic heterocycles. The lowest BCUT2D eigenvalue weighted by Gasteiger charge is -2.27. The highest BCUT2D eigenvalue weighted by molar-refractivity contribution is 5.79. The van der Waals surface area contributed by atoms with E-state index >= 15 is 0 Å². The van der Waals surface area contributed by atoms with Crippen molar-refractivity contribution in [1.82, 2.24) is 9.88 Å². The highest BCUT2D eigenvalue weighted by Crippen LogP contribution is 2.33. The van der Waals surface area contributed by atoms with Gasteiger partial charge in [0.15, 0.2) is 0 Å². The number of likely N-dealkylation sites (tertiary alicyclic amines) is 1. The molecule has 2 atom stereocenters. The van der Waals surface area contributed by atoms with Gasteiger partial charge in [0, 0.05) is 31.3 Å². The summed E-state index contributed by atoms with van der Waals surface area (Å²) in [7, 11) is 1.49. The van der Waals surface area contributed by atoms with Crippen molar-refractivity contribution in [2.45, 2.75) is 38.2 Å². The quantitative estimate of drug-likeness (QED) is 0.595. The molecule has 1 aromatic rings. The summed E-state index contributed by atoms with van der Waals surface area (Å²) in [6.45, 7) is 2.56. The number of hydrogen-bond acceptors (Lipinski definition) is 8. The number of carbonyl (C=O) groups is 1. The van der Waals surface area contributed by atoms with Crippen LogP contribution in [0.1, 0.15) is 37.7 Å². The number of nitriles is 1. The van der Waals surface area contributed by atoms with Crippen LogP contribution in [-0.2, 0) is 19.0 Å². The summed E-state index contributed by atoms with van der Waals surface area (Å²) in [5.41, 5.74) is 2.04. The lowest BCUT2D eigenvalue weighted by molar-refractivity contribution is -0.139. The molecule has 0 bridgehead atoms. The van der Waals surface area contributed by atoms with E-state index in [1.165, 1.54) is 7.11 Å². The Morgan fingerprint density at radius 3 is 3.06 bits per heavy atom. The first-order chi connectivity index (χ1) is 17.7. The van der Waals surface area contributed by atoms with E-state index in [9.17, 15) is 10.1 Å². The van der Waals surface area contributed by atoms with E-state index in [1.54, 1.807) is 24.7 Å². The standard InChI is InChI=1S/C27H30N4O5/c1-33-26-20(14-28)13-21(15-29-26)30-10-12-35-25(17-30)23-6-2-3-7-24(23)36-22-8-9-31(16-22)27(32)19-5-4-11-34-18-19/h3,7,10,12-13,15,17,19,22H,2,4-6,8-9,11,16,18H2,1H3/t19?,22-/m0/s1. The van der Waals surface area contributed by atoms with Gasteiger partial charge in [0.1, 0.15) is 35.5 Å². The zero-order valence-electron chi connectivity index (χ0n) is 20.4. The van der Waals surface area contributed by atoms with Crippen molar-refractivity contribution in [2.75, 3.05) is 38.3 Å². The van der Waals surface area contributed by atoms with E-state index in [-0.39, 0.29) is 17.9 Å². The zero-order valence-corrected chi connectivity index (χ0v) is 20.4. The maximum Gasteiger partial charge on any atom is 0.231 e. The molecule has 0 aromatic carbocycles. The maximum atomic E-state index is 12.9.